The predicted octanol–water partition coefficient (Wildman–Crippen LogP) is 3.57. The standard InChI is InChI=1S/C21H25FN2O2/c1-23(14-16-7-4-3-5-8-16)18-9-6-12-24(15-18)21(25)17-10-11-20(26-2)19(22)13-17/h3-5,7-8,10-11,13,18H,6,9,12,14-15H2,1-2H3/t18-/m1/s1. The van der Waals surface area contributed by atoms with Crippen LogP contribution in [0.1, 0.15) is 28.8 Å². The number of hydrogen-bond donors (Lipinski definition) is 0. The van der Waals surface area contributed by atoms with Gasteiger partial charge in [-0.05, 0) is 43.7 Å². The lowest BCUT2D eigenvalue weighted by molar-refractivity contribution is 0.0601. The Morgan fingerprint density at radius 1 is 1.27 bits per heavy atom. The SMILES string of the molecule is COc1ccc(C(=O)N2CCC[C@@H](N(C)Cc3ccccc3)C2)cc1F. The topological polar surface area (TPSA) is 32.8 Å². The molecule has 0 bridgehead atoms. The quantitative estimate of drug-likeness (QED) is 0.821. The van der Waals surface area contributed by atoms with Gasteiger partial charge in [0, 0.05) is 31.2 Å². The molecule has 1 saturated heterocycles. The maximum absolute atomic E-state index is 13.9. The van der Waals surface area contributed by atoms with Crippen molar-refractivity contribution in [1.82, 2.24) is 9.80 Å². The average molecular weight is 356 g/mol. The van der Waals surface area contributed by atoms with E-state index in [0.29, 0.717) is 24.7 Å². The molecule has 3 rings (SSSR count). The fourth-order valence-electron chi connectivity index (χ4n) is 3.48. The van der Waals surface area contributed by atoms with E-state index in [-0.39, 0.29) is 11.7 Å². The molecular formula is C21H25FN2O2. The molecule has 1 aliphatic heterocycles. The number of ether oxygens (including phenoxy) is 1. The third-order valence-electron chi connectivity index (χ3n) is 4.98. The lowest BCUT2D eigenvalue weighted by atomic mass is 10.0. The van der Waals surface area contributed by atoms with Gasteiger partial charge in [0.05, 0.1) is 7.11 Å². The zero-order chi connectivity index (χ0) is 18.5. The van der Waals surface area contributed by atoms with Crippen molar-refractivity contribution in [1.29, 1.82) is 0 Å². The van der Waals surface area contributed by atoms with Crippen LogP contribution in [0, 0.1) is 5.82 Å². The number of halogens is 1. The lowest BCUT2D eigenvalue weighted by Crippen LogP contribution is -2.48. The highest BCUT2D eigenvalue weighted by Crippen LogP contribution is 2.22. The zero-order valence-electron chi connectivity index (χ0n) is 15.3. The van der Waals surface area contributed by atoms with Crippen LogP contribution in [0.4, 0.5) is 4.39 Å². The second kappa shape index (κ2) is 8.32. The van der Waals surface area contributed by atoms with Crippen molar-refractivity contribution in [3.05, 3.63) is 65.5 Å². The average Bonchev–Trinajstić information content (AvgIpc) is 2.68. The van der Waals surface area contributed by atoms with Gasteiger partial charge in [-0.15, -0.1) is 0 Å². The van der Waals surface area contributed by atoms with Gasteiger partial charge in [0.1, 0.15) is 0 Å². The van der Waals surface area contributed by atoms with Crippen LogP contribution in [-0.4, -0.2) is 49.0 Å². The third kappa shape index (κ3) is 4.22. The monoisotopic (exact) mass is 356 g/mol. The van der Waals surface area contributed by atoms with E-state index < -0.39 is 5.82 Å². The number of nitrogens with zero attached hydrogens (tertiary/aromatic N) is 2. The van der Waals surface area contributed by atoms with Gasteiger partial charge >= 0.3 is 0 Å². The maximum Gasteiger partial charge on any atom is 0.254 e. The Labute approximate surface area is 154 Å². The van der Waals surface area contributed by atoms with Crippen LogP contribution in [0.2, 0.25) is 0 Å². The fourth-order valence-corrected chi connectivity index (χ4v) is 3.48. The van der Waals surface area contributed by atoms with Crippen molar-refractivity contribution < 1.29 is 13.9 Å². The molecule has 1 fully saturated rings. The molecule has 0 aromatic heterocycles. The lowest BCUT2D eigenvalue weighted by Gasteiger charge is -2.37. The van der Waals surface area contributed by atoms with Crippen LogP contribution < -0.4 is 4.74 Å². The molecule has 0 spiro atoms. The number of amides is 1. The minimum atomic E-state index is -0.506. The summed E-state index contributed by atoms with van der Waals surface area (Å²) in [7, 11) is 3.51. The Bertz CT molecular complexity index is 751. The van der Waals surface area contributed by atoms with E-state index in [1.807, 2.05) is 23.1 Å². The molecule has 0 unspecified atom stereocenters. The molecule has 0 aliphatic carbocycles. The van der Waals surface area contributed by atoms with E-state index in [0.717, 1.165) is 19.4 Å². The highest BCUT2D eigenvalue weighted by molar-refractivity contribution is 5.94. The molecule has 4 nitrogen and oxygen atoms in total. The first-order chi connectivity index (χ1) is 12.6. The second-order valence-electron chi connectivity index (χ2n) is 6.80. The first-order valence-corrected chi connectivity index (χ1v) is 8.95. The molecule has 1 heterocycles. The molecule has 0 saturated carbocycles. The first-order valence-electron chi connectivity index (χ1n) is 8.95. The summed E-state index contributed by atoms with van der Waals surface area (Å²) in [5.41, 5.74) is 1.63. The number of rotatable bonds is 5. The largest absolute Gasteiger partial charge is 0.494 e. The Kier molecular flexibility index (Phi) is 5.89. The van der Waals surface area contributed by atoms with Crippen LogP contribution in [0.15, 0.2) is 48.5 Å². The Morgan fingerprint density at radius 2 is 2.04 bits per heavy atom. The first kappa shape index (κ1) is 18.4. The van der Waals surface area contributed by atoms with Gasteiger partial charge < -0.3 is 9.64 Å². The summed E-state index contributed by atoms with van der Waals surface area (Å²) >= 11 is 0. The van der Waals surface area contributed by atoms with E-state index in [2.05, 4.69) is 24.1 Å². The van der Waals surface area contributed by atoms with Gasteiger partial charge in [-0.3, -0.25) is 9.69 Å². The second-order valence-corrected chi connectivity index (χ2v) is 6.80. The van der Waals surface area contributed by atoms with Gasteiger partial charge in [0.25, 0.3) is 5.91 Å². The van der Waals surface area contributed by atoms with Crippen LogP contribution in [0.5, 0.6) is 5.75 Å². The molecule has 5 heteroatoms. The molecule has 1 amide bonds. The smallest absolute Gasteiger partial charge is 0.254 e. The molecule has 26 heavy (non-hydrogen) atoms. The third-order valence-corrected chi connectivity index (χ3v) is 4.98. The number of carbonyl (C=O) groups is 1. The van der Waals surface area contributed by atoms with Crippen molar-refractivity contribution in [2.75, 3.05) is 27.2 Å². The van der Waals surface area contributed by atoms with Gasteiger partial charge in [-0.25, -0.2) is 4.39 Å². The summed E-state index contributed by atoms with van der Waals surface area (Å²) in [5.74, 6) is -0.474. The van der Waals surface area contributed by atoms with Gasteiger partial charge in [0.15, 0.2) is 11.6 Å². The van der Waals surface area contributed by atoms with Gasteiger partial charge in [-0.1, -0.05) is 30.3 Å². The van der Waals surface area contributed by atoms with E-state index >= 15 is 0 Å². The molecule has 138 valence electrons. The summed E-state index contributed by atoms with van der Waals surface area (Å²) in [6.07, 6.45) is 2.01. The van der Waals surface area contributed by atoms with E-state index in [4.69, 9.17) is 4.74 Å². The minimum Gasteiger partial charge on any atom is -0.494 e. The molecule has 2 aromatic carbocycles. The number of methoxy groups -OCH3 is 1. The van der Waals surface area contributed by atoms with Crippen molar-refractivity contribution in [2.24, 2.45) is 0 Å². The Balaban J connectivity index is 1.65. The van der Waals surface area contributed by atoms with E-state index in [1.165, 1.54) is 24.8 Å². The summed E-state index contributed by atoms with van der Waals surface area (Å²) in [5, 5.41) is 0. The predicted molar refractivity (Wildman–Crippen MR) is 99.8 cm³/mol. The summed E-state index contributed by atoms with van der Waals surface area (Å²) in [6, 6.07) is 15.0. The number of likely N-dealkylation sites (N-methyl/N-ethyl adjacent to an activating group) is 1. The molecule has 1 aliphatic rings. The van der Waals surface area contributed by atoms with Crippen molar-refractivity contribution >= 4 is 5.91 Å². The Morgan fingerprint density at radius 3 is 2.73 bits per heavy atom. The number of carbonyl (C=O) groups excluding carboxylic acids is 1. The Hall–Kier alpha value is -2.40. The van der Waals surface area contributed by atoms with Crippen LogP contribution in [0.25, 0.3) is 0 Å². The maximum atomic E-state index is 13.9. The van der Waals surface area contributed by atoms with Crippen LogP contribution >= 0.6 is 0 Å². The van der Waals surface area contributed by atoms with Crippen molar-refractivity contribution in [2.45, 2.75) is 25.4 Å². The normalized spacial score (nSPS) is 17.4. The van der Waals surface area contributed by atoms with E-state index in [1.54, 1.807) is 6.07 Å². The van der Waals surface area contributed by atoms with Crippen LogP contribution in [-0.2, 0) is 6.54 Å². The molecule has 0 N–H and O–H groups in total. The molecule has 2 aromatic rings. The van der Waals surface area contributed by atoms with Gasteiger partial charge in [-0.2, -0.15) is 0 Å². The number of piperidine rings is 1. The van der Waals surface area contributed by atoms with Crippen LogP contribution in [0.3, 0.4) is 0 Å². The minimum absolute atomic E-state index is 0.121. The zero-order valence-corrected chi connectivity index (χ0v) is 15.3. The molecule has 0 radical (unpaired) electrons. The highest BCUT2D eigenvalue weighted by atomic mass is 19.1. The number of hydrogen-bond acceptors (Lipinski definition) is 3. The summed E-state index contributed by atoms with van der Waals surface area (Å²) < 4.78 is 18.8. The summed E-state index contributed by atoms with van der Waals surface area (Å²) in [6.45, 7) is 2.22. The molecule has 1 atom stereocenters. The van der Waals surface area contributed by atoms with Crippen molar-refractivity contribution in [3.63, 3.8) is 0 Å². The molecular weight excluding hydrogens is 331 g/mol. The van der Waals surface area contributed by atoms with E-state index in [9.17, 15) is 9.18 Å². The fraction of sp³-hybridized carbons (Fsp3) is 0.381. The highest BCUT2D eigenvalue weighted by Gasteiger charge is 2.27. The number of likely N-dealkylation sites (tertiary alicyclic amines) is 1. The van der Waals surface area contributed by atoms with Gasteiger partial charge in [0.2, 0.25) is 0 Å². The van der Waals surface area contributed by atoms with Crippen molar-refractivity contribution in [3.8, 4) is 5.75 Å². The summed E-state index contributed by atoms with van der Waals surface area (Å²) in [4.78, 5) is 16.9. The number of benzene rings is 2.